The number of hydrogen-bond donors (Lipinski definition) is 3. The number of carboxylic acids is 1. The Bertz CT molecular complexity index is 772. The Balaban J connectivity index is 2.18. The van der Waals surface area contributed by atoms with Crippen LogP contribution in [0.25, 0.3) is 0 Å². The van der Waals surface area contributed by atoms with Gasteiger partial charge in [-0.1, -0.05) is 0 Å². The summed E-state index contributed by atoms with van der Waals surface area (Å²) in [6, 6.07) is -1.20. The number of aliphatic carboxylic acids is 1. The van der Waals surface area contributed by atoms with E-state index in [1.165, 1.54) is 0 Å². The smallest absolute Gasteiger partial charge is 0.335 e. The van der Waals surface area contributed by atoms with E-state index in [-0.39, 0.29) is 5.95 Å². The van der Waals surface area contributed by atoms with Crippen LogP contribution in [0.15, 0.2) is 12.3 Å². The standard InChI is InChI=1S/C11H13N5O6S/c1-6-12-7(2)14-9(13-6)15-10(19)16-23(20,21)11(8(17)18)3-4-22-5-11/h3-4H,5H2,1-2H3,(H,17,18)(H2,12,13,14,15,16,19). The molecule has 1 atom stereocenters. The highest BCUT2D eigenvalue weighted by Gasteiger charge is 2.53. The Morgan fingerprint density at radius 1 is 1.26 bits per heavy atom. The van der Waals surface area contributed by atoms with Crippen molar-refractivity contribution in [3.05, 3.63) is 24.0 Å². The molecule has 1 aromatic heterocycles. The molecule has 12 heteroatoms. The fourth-order valence-electron chi connectivity index (χ4n) is 1.80. The fourth-order valence-corrected chi connectivity index (χ4v) is 2.97. The lowest BCUT2D eigenvalue weighted by atomic mass is 10.2. The van der Waals surface area contributed by atoms with Crippen LogP contribution in [0.4, 0.5) is 10.7 Å². The van der Waals surface area contributed by atoms with Crippen molar-refractivity contribution in [2.45, 2.75) is 18.6 Å². The number of sulfonamides is 1. The van der Waals surface area contributed by atoms with Gasteiger partial charge in [0.15, 0.2) is 0 Å². The van der Waals surface area contributed by atoms with Crippen LogP contribution < -0.4 is 10.0 Å². The van der Waals surface area contributed by atoms with Crippen LogP contribution in [0.2, 0.25) is 0 Å². The molecule has 0 radical (unpaired) electrons. The number of amides is 2. The van der Waals surface area contributed by atoms with Crippen molar-refractivity contribution in [2.75, 3.05) is 11.9 Å². The first-order chi connectivity index (χ1) is 10.7. The van der Waals surface area contributed by atoms with E-state index in [0.29, 0.717) is 11.6 Å². The molecule has 0 aromatic carbocycles. The van der Waals surface area contributed by atoms with Gasteiger partial charge in [0.1, 0.15) is 18.3 Å². The molecule has 1 aliphatic heterocycles. The summed E-state index contributed by atoms with van der Waals surface area (Å²) in [7, 11) is -4.61. The van der Waals surface area contributed by atoms with Crippen LogP contribution >= 0.6 is 0 Å². The second-order valence-electron chi connectivity index (χ2n) is 4.62. The highest BCUT2D eigenvalue weighted by atomic mass is 32.2. The van der Waals surface area contributed by atoms with Crippen LogP contribution in [0.3, 0.4) is 0 Å². The minimum Gasteiger partial charge on any atom is -0.499 e. The molecule has 23 heavy (non-hydrogen) atoms. The van der Waals surface area contributed by atoms with Crippen molar-refractivity contribution < 1.29 is 27.9 Å². The predicted molar refractivity (Wildman–Crippen MR) is 75.8 cm³/mol. The first-order valence-electron chi connectivity index (χ1n) is 6.22. The zero-order valence-electron chi connectivity index (χ0n) is 12.1. The molecule has 0 saturated heterocycles. The average Bonchev–Trinajstić information content (AvgIpc) is 2.87. The number of nitrogens with zero attached hydrogens (tertiary/aromatic N) is 3. The Morgan fingerprint density at radius 3 is 2.35 bits per heavy atom. The summed E-state index contributed by atoms with van der Waals surface area (Å²) < 4.78 is 28.3. The summed E-state index contributed by atoms with van der Waals surface area (Å²) in [5.41, 5.74) is 0. The number of carboxylic acid groups (broad SMARTS) is 1. The number of aromatic nitrogens is 3. The van der Waals surface area contributed by atoms with Crippen LogP contribution in [0, 0.1) is 13.8 Å². The first-order valence-corrected chi connectivity index (χ1v) is 7.70. The summed E-state index contributed by atoms with van der Waals surface area (Å²) >= 11 is 0. The van der Waals surface area contributed by atoms with E-state index in [2.05, 4.69) is 20.3 Å². The van der Waals surface area contributed by atoms with E-state index in [1.54, 1.807) is 18.6 Å². The van der Waals surface area contributed by atoms with Crippen molar-refractivity contribution in [1.82, 2.24) is 19.7 Å². The summed E-state index contributed by atoms with van der Waals surface area (Å²) in [5, 5.41) is 11.3. The van der Waals surface area contributed by atoms with E-state index in [4.69, 9.17) is 9.84 Å². The van der Waals surface area contributed by atoms with Gasteiger partial charge in [-0.05, 0) is 19.9 Å². The minimum absolute atomic E-state index is 0.162. The van der Waals surface area contributed by atoms with Gasteiger partial charge in [-0.25, -0.2) is 27.7 Å². The number of aryl methyl sites for hydroxylation is 2. The highest BCUT2D eigenvalue weighted by Crippen LogP contribution is 2.24. The number of carbonyl (C=O) groups is 2. The summed E-state index contributed by atoms with van der Waals surface area (Å²) in [6.45, 7) is 2.48. The topological polar surface area (TPSA) is 160 Å². The molecule has 2 amide bonds. The molecule has 0 saturated carbocycles. The number of rotatable bonds is 4. The Kier molecular flexibility index (Phi) is 4.18. The fraction of sp³-hybridized carbons (Fsp3) is 0.364. The number of ether oxygens (including phenoxy) is 1. The Labute approximate surface area is 130 Å². The summed E-state index contributed by atoms with van der Waals surface area (Å²) in [6.07, 6.45) is 1.80. The number of urea groups is 1. The largest absolute Gasteiger partial charge is 0.499 e. The maximum Gasteiger partial charge on any atom is 0.335 e. The molecular formula is C11H13N5O6S. The van der Waals surface area contributed by atoms with Crippen molar-refractivity contribution >= 4 is 28.0 Å². The zero-order chi connectivity index (χ0) is 17.3. The van der Waals surface area contributed by atoms with Gasteiger partial charge in [0, 0.05) is 0 Å². The van der Waals surface area contributed by atoms with Crippen LogP contribution in [-0.4, -0.2) is 51.8 Å². The predicted octanol–water partition coefficient (Wildman–Crippen LogP) is -0.693. The monoisotopic (exact) mass is 343 g/mol. The van der Waals surface area contributed by atoms with Gasteiger partial charge >= 0.3 is 12.0 Å². The number of carbonyl (C=O) groups excluding carboxylic acids is 1. The summed E-state index contributed by atoms with van der Waals surface area (Å²) in [4.78, 5) is 34.6. The minimum atomic E-state index is -4.61. The average molecular weight is 343 g/mol. The van der Waals surface area contributed by atoms with E-state index in [0.717, 1.165) is 12.3 Å². The normalized spacial score (nSPS) is 19.9. The van der Waals surface area contributed by atoms with E-state index in [1.807, 2.05) is 0 Å². The van der Waals surface area contributed by atoms with Crippen molar-refractivity contribution in [3.63, 3.8) is 0 Å². The van der Waals surface area contributed by atoms with Crippen molar-refractivity contribution in [2.24, 2.45) is 0 Å². The molecule has 11 nitrogen and oxygen atoms in total. The molecule has 1 aromatic rings. The van der Waals surface area contributed by atoms with E-state index in [9.17, 15) is 18.0 Å². The molecule has 124 valence electrons. The quantitative estimate of drug-likeness (QED) is 0.642. The Morgan fingerprint density at radius 2 is 1.87 bits per heavy atom. The third-order valence-electron chi connectivity index (χ3n) is 2.88. The second-order valence-corrected chi connectivity index (χ2v) is 6.56. The van der Waals surface area contributed by atoms with Gasteiger partial charge in [0.2, 0.25) is 10.7 Å². The summed E-state index contributed by atoms with van der Waals surface area (Å²) in [5.74, 6) is -1.18. The lowest BCUT2D eigenvalue weighted by Gasteiger charge is -2.20. The zero-order valence-corrected chi connectivity index (χ0v) is 12.9. The van der Waals surface area contributed by atoms with Gasteiger partial charge in [-0.3, -0.25) is 5.32 Å². The third kappa shape index (κ3) is 3.21. The molecule has 0 aliphatic carbocycles. The van der Waals surface area contributed by atoms with Gasteiger partial charge in [0.05, 0.1) is 6.26 Å². The van der Waals surface area contributed by atoms with Gasteiger partial charge in [0.25, 0.3) is 10.0 Å². The van der Waals surface area contributed by atoms with E-state index < -0.39 is 33.4 Å². The molecule has 0 spiro atoms. The lowest BCUT2D eigenvalue weighted by molar-refractivity contribution is -0.139. The second kappa shape index (κ2) is 5.79. The van der Waals surface area contributed by atoms with Gasteiger partial charge in [-0.15, -0.1) is 0 Å². The number of hydrogen-bond acceptors (Lipinski definition) is 8. The SMILES string of the molecule is Cc1nc(C)nc(NC(=O)NS(=O)(=O)C2(C(=O)O)C=COC2)n1. The number of anilines is 1. The van der Waals surface area contributed by atoms with Crippen molar-refractivity contribution in [3.8, 4) is 0 Å². The van der Waals surface area contributed by atoms with Crippen LogP contribution in [-0.2, 0) is 19.6 Å². The third-order valence-corrected chi connectivity index (χ3v) is 4.73. The van der Waals surface area contributed by atoms with Gasteiger partial charge < -0.3 is 9.84 Å². The highest BCUT2D eigenvalue weighted by molar-refractivity contribution is 7.92. The molecule has 1 aliphatic rings. The van der Waals surface area contributed by atoms with E-state index >= 15 is 0 Å². The molecule has 2 heterocycles. The molecule has 0 fully saturated rings. The molecular weight excluding hydrogens is 330 g/mol. The lowest BCUT2D eigenvalue weighted by Crippen LogP contribution is -2.54. The Hall–Kier alpha value is -2.76. The first kappa shape index (κ1) is 16.6. The molecule has 2 rings (SSSR count). The molecule has 3 N–H and O–H groups in total. The maximum atomic E-state index is 12.2. The van der Waals surface area contributed by atoms with Gasteiger partial charge in [-0.2, -0.15) is 9.97 Å². The maximum absolute atomic E-state index is 12.2. The van der Waals surface area contributed by atoms with Crippen LogP contribution in [0.5, 0.6) is 0 Å². The molecule has 1 unspecified atom stereocenters. The van der Waals surface area contributed by atoms with Crippen molar-refractivity contribution in [1.29, 1.82) is 0 Å². The molecule has 0 bridgehead atoms. The number of nitrogens with one attached hydrogen (secondary N) is 2. The van der Waals surface area contributed by atoms with Crippen LogP contribution in [0.1, 0.15) is 11.6 Å².